The SMILES string of the molecule is CCC(=O)N1CCN(CCc2ccc3ccccc3c2)C(=O)C1CCCN=C(N)N. The number of aliphatic imine (C=N–C) groups is 1. The molecule has 3 rings (SSSR count). The van der Waals surface area contributed by atoms with Gasteiger partial charge < -0.3 is 21.3 Å². The van der Waals surface area contributed by atoms with Gasteiger partial charge in [0.1, 0.15) is 6.04 Å². The maximum Gasteiger partial charge on any atom is 0.245 e. The zero-order valence-electron chi connectivity index (χ0n) is 17.6. The molecule has 1 saturated heterocycles. The van der Waals surface area contributed by atoms with Gasteiger partial charge in [0.15, 0.2) is 5.96 Å². The zero-order chi connectivity index (χ0) is 21.5. The highest BCUT2D eigenvalue weighted by molar-refractivity contribution is 5.89. The van der Waals surface area contributed by atoms with Crippen molar-refractivity contribution < 1.29 is 9.59 Å². The van der Waals surface area contributed by atoms with Crippen molar-refractivity contribution in [2.24, 2.45) is 16.5 Å². The van der Waals surface area contributed by atoms with Gasteiger partial charge >= 0.3 is 0 Å². The Balaban J connectivity index is 1.65. The van der Waals surface area contributed by atoms with E-state index in [4.69, 9.17) is 11.5 Å². The van der Waals surface area contributed by atoms with E-state index in [0.717, 1.165) is 6.42 Å². The van der Waals surface area contributed by atoms with Crippen molar-refractivity contribution in [3.63, 3.8) is 0 Å². The van der Waals surface area contributed by atoms with Crippen LogP contribution in [0.5, 0.6) is 0 Å². The lowest BCUT2D eigenvalue weighted by atomic mass is 10.0. The number of carbonyl (C=O) groups excluding carboxylic acids is 2. The van der Waals surface area contributed by atoms with Crippen LogP contribution in [0.2, 0.25) is 0 Å². The van der Waals surface area contributed by atoms with E-state index in [1.54, 1.807) is 4.90 Å². The van der Waals surface area contributed by atoms with Gasteiger partial charge in [0.05, 0.1) is 0 Å². The van der Waals surface area contributed by atoms with Crippen LogP contribution in [0.1, 0.15) is 31.7 Å². The number of benzene rings is 2. The first-order valence-electron chi connectivity index (χ1n) is 10.6. The van der Waals surface area contributed by atoms with Crippen molar-refractivity contribution in [2.75, 3.05) is 26.2 Å². The predicted octanol–water partition coefficient (Wildman–Crippen LogP) is 1.89. The quantitative estimate of drug-likeness (QED) is 0.394. The maximum absolute atomic E-state index is 13.2. The molecular formula is C23H31N5O2. The highest BCUT2D eigenvalue weighted by Gasteiger charge is 2.36. The van der Waals surface area contributed by atoms with Gasteiger partial charge in [-0.25, -0.2) is 0 Å². The summed E-state index contributed by atoms with van der Waals surface area (Å²) in [5.41, 5.74) is 12.0. The summed E-state index contributed by atoms with van der Waals surface area (Å²) in [6.07, 6.45) is 2.40. The summed E-state index contributed by atoms with van der Waals surface area (Å²) in [5, 5.41) is 2.42. The van der Waals surface area contributed by atoms with Gasteiger partial charge in [-0.1, -0.05) is 49.4 Å². The number of carbonyl (C=O) groups is 2. The van der Waals surface area contributed by atoms with Gasteiger partial charge in [-0.15, -0.1) is 0 Å². The molecule has 1 aliphatic heterocycles. The van der Waals surface area contributed by atoms with Gasteiger partial charge in [-0.05, 0) is 35.6 Å². The Morgan fingerprint density at radius 2 is 1.90 bits per heavy atom. The van der Waals surface area contributed by atoms with Gasteiger partial charge in [-0.3, -0.25) is 14.6 Å². The fraction of sp³-hybridized carbons (Fsp3) is 0.435. The Hall–Kier alpha value is -3.09. The molecule has 0 bridgehead atoms. The van der Waals surface area contributed by atoms with Crippen LogP contribution in [0.3, 0.4) is 0 Å². The lowest BCUT2D eigenvalue weighted by Crippen LogP contribution is -2.58. The summed E-state index contributed by atoms with van der Waals surface area (Å²) in [5.74, 6) is 0.0846. The number of amides is 2. The van der Waals surface area contributed by atoms with E-state index in [-0.39, 0.29) is 17.8 Å². The highest BCUT2D eigenvalue weighted by Crippen LogP contribution is 2.20. The maximum atomic E-state index is 13.2. The van der Waals surface area contributed by atoms with E-state index in [2.05, 4.69) is 35.3 Å². The van der Waals surface area contributed by atoms with Crippen LogP contribution in [0, 0.1) is 0 Å². The summed E-state index contributed by atoms with van der Waals surface area (Å²) < 4.78 is 0. The molecule has 0 spiro atoms. The number of fused-ring (bicyclic) bond motifs is 1. The van der Waals surface area contributed by atoms with Gasteiger partial charge in [0, 0.05) is 32.6 Å². The molecular weight excluding hydrogens is 378 g/mol. The Bertz CT molecular complexity index is 923. The van der Waals surface area contributed by atoms with Crippen LogP contribution < -0.4 is 11.5 Å². The molecule has 2 aromatic rings. The molecule has 1 heterocycles. The molecule has 2 amide bonds. The Kier molecular flexibility index (Phi) is 7.27. The second kappa shape index (κ2) is 10.1. The minimum Gasteiger partial charge on any atom is -0.370 e. The van der Waals surface area contributed by atoms with Crippen LogP contribution in [0.15, 0.2) is 47.5 Å². The van der Waals surface area contributed by atoms with Crippen molar-refractivity contribution in [3.05, 3.63) is 48.0 Å². The molecule has 1 fully saturated rings. The van der Waals surface area contributed by atoms with E-state index in [1.807, 2.05) is 24.0 Å². The first-order valence-corrected chi connectivity index (χ1v) is 10.6. The molecule has 2 aromatic carbocycles. The smallest absolute Gasteiger partial charge is 0.245 e. The average molecular weight is 410 g/mol. The van der Waals surface area contributed by atoms with Gasteiger partial charge in [0.25, 0.3) is 0 Å². The largest absolute Gasteiger partial charge is 0.370 e. The fourth-order valence-corrected chi connectivity index (χ4v) is 3.99. The lowest BCUT2D eigenvalue weighted by molar-refractivity contribution is -0.151. The summed E-state index contributed by atoms with van der Waals surface area (Å²) in [6.45, 7) is 4.08. The normalized spacial score (nSPS) is 16.7. The molecule has 0 radical (unpaired) electrons. The molecule has 1 atom stereocenters. The molecule has 0 aromatic heterocycles. The van der Waals surface area contributed by atoms with E-state index >= 15 is 0 Å². The standard InChI is InChI=1S/C23H31N5O2/c1-2-21(29)28-15-14-27(22(30)20(28)8-5-12-26-23(24)25)13-11-17-9-10-18-6-3-4-7-19(18)16-17/h3-4,6-7,9-10,16,20H,2,5,8,11-15H2,1H3,(H4,24,25,26). The van der Waals surface area contributed by atoms with Crippen LogP contribution >= 0.6 is 0 Å². The zero-order valence-corrected chi connectivity index (χ0v) is 17.6. The molecule has 0 aliphatic carbocycles. The fourth-order valence-electron chi connectivity index (χ4n) is 3.99. The number of piperazine rings is 1. The second-order valence-electron chi connectivity index (χ2n) is 7.66. The van der Waals surface area contributed by atoms with E-state index < -0.39 is 6.04 Å². The Morgan fingerprint density at radius 3 is 2.63 bits per heavy atom. The molecule has 4 N–H and O–H groups in total. The minimum absolute atomic E-state index is 0.0179. The minimum atomic E-state index is -0.433. The highest BCUT2D eigenvalue weighted by atomic mass is 16.2. The number of guanidine groups is 1. The number of hydrogen-bond donors (Lipinski definition) is 2. The predicted molar refractivity (Wildman–Crippen MR) is 120 cm³/mol. The van der Waals surface area contributed by atoms with Crippen LogP contribution in [0.4, 0.5) is 0 Å². The number of rotatable bonds is 8. The number of nitrogens with two attached hydrogens (primary N) is 2. The van der Waals surface area contributed by atoms with Crippen LogP contribution in [-0.4, -0.2) is 59.8 Å². The van der Waals surface area contributed by atoms with E-state index in [1.165, 1.54) is 16.3 Å². The van der Waals surface area contributed by atoms with Crippen molar-refractivity contribution in [1.82, 2.24) is 9.80 Å². The van der Waals surface area contributed by atoms with Crippen molar-refractivity contribution >= 4 is 28.5 Å². The van der Waals surface area contributed by atoms with Gasteiger partial charge in [-0.2, -0.15) is 0 Å². The molecule has 0 saturated carbocycles. The molecule has 1 aliphatic rings. The van der Waals surface area contributed by atoms with Gasteiger partial charge in [0.2, 0.25) is 11.8 Å². The summed E-state index contributed by atoms with van der Waals surface area (Å²) in [4.78, 5) is 33.1. The topological polar surface area (TPSA) is 105 Å². The molecule has 7 heteroatoms. The number of hydrogen-bond acceptors (Lipinski definition) is 3. The summed E-state index contributed by atoms with van der Waals surface area (Å²) >= 11 is 0. The third kappa shape index (κ3) is 5.28. The first-order chi connectivity index (χ1) is 14.5. The molecule has 30 heavy (non-hydrogen) atoms. The van der Waals surface area contributed by atoms with Crippen LogP contribution in [0.25, 0.3) is 10.8 Å². The van der Waals surface area contributed by atoms with Crippen molar-refractivity contribution in [2.45, 2.75) is 38.6 Å². The van der Waals surface area contributed by atoms with E-state index in [0.29, 0.717) is 45.4 Å². The average Bonchev–Trinajstić information content (AvgIpc) is 2.75. The third-order valence-electron chi connectivity index (χ3n) is 5.62. The summed E-state index contributed by atoms with van der Waals surface area (Å²) in [7, 11) is 0. The summed E-state index contributed by atoms with van der Waals surface area (Å²) in [6, 6.07) is 14.3. The second-order valence-corrected chi connectivity index (χ2v) is 7.66. The van der Waals surface area contributed by atoms with E-state index in [9.17, 15) is 9.59 Å². The molecule has 1 unspecified atom stereocenters. The van der Waals surface area contributed by atoms with Crippen molar-refractivity contribution in [1.29, 1.82) is 0 Å². The first kappa shape index (κ1) is 21.6. The molecule has 7 nitrogen and oxygen atoms in total. The lowest BCUT2D eigenvalue weighted by Gasteiger charge is -2.40. The number of nitrogens with zero attached hydrogens (tertiary/aromatic N) is 3. The Morgan fingerprint density at radius 1 is 1.13 bits per heavy atom. The monoisotopic (exact) mass is 409 g/mol. The molecule has 160 valence electrons. The van der Waals surface area contributed by atoms with Crippen LogP contribution in [-0.2, 0) is 16.0 Å². The van der Waals surface area contributed by atoms with Crippen molar-refractivity contribution in [3.8, 4) is 0 Å². The third-order valence-corrected chi connectivity index (χ3v) is 5.62. The Labute approximate surface area is 177 Å².